The number of benzene rings is 2. The summed E-state index contributed by atoms with van der Waals surface area (Å²) in [5.41, 5.74) is 9.36. The Labute approximate surface area is 134 Å². The number of nitrogens with one attached hydrogen (secondary N) is 1. The normalized spacial score (nSPS) is 10.6. The monoisotopic (exact) mass is 308 g/mol. The van der Waals surface area contributed by atoms with Crippen LogP contribution in [-0.2, 0) is 0 Å². The van der Waals surface area contributed by atoms with Crippen LogP contribution >= 0.6 is 0 Å². The minimum Gasteiger partial charge on any atom is -0.384 e. The lowest BCUT2D eigenvalue weighted by molar-refractivity contribution is 0.630. The lowest BCUT2D eigenvalue weighted by atomic mass is 10.1. The van der Waals surface area contributed by atoms with Crippen LogP contribution in [0.2, 0.25) is 0 Å². The number of hydrogen-bond donors (Lipinski definition) is 2. The van der Waals surface area contributed by atoms with E-state index < -0.39 is 0 Å². The van der Waals surface area contributed by atoms with Gasteiger partial charge in [0.15, 0.2) is 5.82 Å². The number of nitrogen functional groups attached to an aromatic ring is 1. The van der Waals surface area contributed by atoms with E-state index in [9.17, 15) is 4.39 Å². The highest BCUT2D eigenvalue weighted by Crippen LogP contribution is 2.24. The van der Waals surface area contributed by atoms with Gasteiger partial charge >= 0.3 is 0 Å². The van der Waals surface area contributed by atoms with Crippen molar-refractivity contribution in [1.82, 2.24) is 9.97 Å². The molecule has 1 aromatic heterocycles. The van der Waals surface area contributed by atoms with Crippen LogP contribution in [-0.4, -0.2) is 9.97 Å². The Balaban J connectivity index is 1.99. The third-order valence-corrected chi connectivity index (χ3v) is 3.35. The predicted molar refractivity (Wildman–Crippen MR) is 91.0 cm³/mol. The third kappa shape index (κ3) is 3.45. The molecular weight excluding hydrogens is 291 g/mol. The number of hydrogen-bond acceptors (Lipinski definition) is 4. The number of aryl methyl sites for hydroxylation is 2. The average molecular weight is 308 g/mol. The van der Waals surface area contributed by atoms with Gasteiger partial charge in [0.25, 0.3) is 0 Å². The fourth-order valence-corrected chi connectivity index (χ4v) is 2.49. The zero-order valence-corrected chi connectivity index (χ0v) is 13.0. The molecule has 0 saturated heterocycles. The number of aromatic nitrogens is 2. The van der Waals surface area contributed by atoms with E-state index in [1.165, 1.54) is 6.07 Å². The van der Waals surface area contributed by atoms with E-state index in [0.717, 1.165) is 16.8 Å². The maximum atomic E-state index is 13.9. The van der Waals surface area contributed by atoms with Crippen molar-refractivity contribution in [3.63, 3.8) is 0 Å². The lowest BCUT2D eigenvalue weighted by Crippen LogP contribution is -2.02. The molecule has 0 radical (unpaired) electrons. The summed E-state index contributed by atoms with van der Waals surface area (Å²) in [5, 5.41) is 3.20. The van der Waals surface area contributed by atoms with Gasteiger partial charge < -0.3 is 11.1 Å². The van der Waals surface area contributed by atoms with Gasteiger partial charge in [-0.25, -0.2) is 14.4 Å². The first-order valence-corrected chi connectivity index (χ1v) is 7.26. The van der Waals surface area contributed by atoms with E-state index in [-0.39, 0.29) is 17.5 Å². The minimum absolute atomic E-state index is 0.259. The van der Waals surface area contributed by atoms with Crippen LogP contribution in [0.5, 0.6) is 0 Å². The van der Waals surface area contributed by atoms with Crippen LogP contribution in [0.4, 0.5) is 21.7 Å². The highest BCUT2D eigenvalue weighted by Gasteiger charge is 2.10. The molecule has 0 aliphatic heterocycles. The summed E-state index contributed by atoms with van der Waals surface area (Å²) >= 11 is 0. The van der Waals surface area contributed by atoms with Crippen molar-refractivity contribution in [2.24, 2.45) is 0 Å². The summed E-state index contributed by atoms with van der Waals surface area (Å²) in [6.07, 6.45) is 0. The number of halogens is 1. The van der Waals surface area contributed by atoms with Crippen molar-refractivity contribution in [2.45, 2.75) is 13.8 Å². The van der Waals surface area contributed by atoms with E-state index in [1.807, 2.05) is 26.0 Å². The van der Waals surface area contributed by atoms with Crippen molar-refractivity contribution in [1.29, 1.82) is 0 Å². The van der Waals surface area contributed by atoms with Gasteiger partial charge in [-0.2, -0.15) is 0 Å². The molecule has 116 valence electrons. The van der Waals surface area contributed by atoms with Crippen LogP contribution < -0.4 is 11.1 Å². The van der Waals surface area contributed by atoms with Crippen LogP contribution in [0.3, 0.4) is 0 Å². The van der Waals surface area contributed by atoms with Crippen molar-refractivity contribution in [3.05, 3.63) is 65.5 Å². The molecule has 0 spiro atoms. The van der Waals surface area contributed by atoms with Crippen molar-refractivity contribution < 1.29 is 4.39 Å². The fourth-order valence-electron chi connectivity index (χ4n) is 2.49. The summed E-state index contributed by atoms with van der Waals surface area (Å²) in [6.45, 7) is 4.05. The fraction of sp³-hybridized carbons (Fsp3) is 0.111. The second-order valence-corrected chi connectivity index (χ2v) is 5.48. The molecule has 3 aromatic rings. The molecule has 1 heterocycles. The second kappa shape index (κ2) is 6.04. The molecule has 0 saturated carbocycles. The molecule has 4 nitrogen and oxygen atoms in total. The number of nitrogens with zero attached hydrogens (tertiary/aromatic N) is 2. The standard InChI is InChI=1S/C18H17FN4/c1-11-7-12(2)9-13(8-11)21-17-10-16(20)22-18(23-17)14-5-3-4-6-15(14)19/h3-10H,1-2H3,(H3,20,21,22,23). The van der Waals surface area contributed by atoms with E-state index in [2.05, 4.69) is 21.4 Å². The maximum absolute atomic E-state index is 13.9. The summed E-state index contributed by atoms with van der Waals surface area (Å²) < 4.78 is 13.9. The van der Waals surface area contributed by atoms with Crippen LogP contribution in [0, 0.1) is 19.7 Å². The molecule has 0 aliphatic carbocycles. The Morgan fingerprint density at radius 1 is 0.957 bits per heavy atom. The molecule has 3 N–H and O–H groups in total. The van der Waals surface area contributed by atoms with Crippen molar-refractivity contribution in [2.75, 3.05) is 11.1 Å². The number of nitrogens with two attached hydrogens (primary N) is 1. The van der Waals surface area contributed by atoms with Gasteiger partial charge in [-0.1, -0.05) is 18.2 Å². The molecular formula is C18H17FN4. The summed E-state index contributed by atoms with van der Waals surface area (Å²) in [7, 11) is 0. The molecule has 0 aliphatic rings. The number of anilines is 3. The molecule has 0 bridgehead atoms. The predicted octanol–water partition coefficient (Wildman–Crippen LogP) is 4.23. The van der Waals surface area contributed by atoms with Gasteiger partial charge in [-0.05, 0) is 49.2 Å². The third-order valence-electron chi connectivity index (χ3n) is 3.35. The van der Waals surface area contributed by atoms with Gasteiger partial charge in [0.05, 0.1) is 5.56 Å². The van der Waals surface area contributed by atoms with Crippen molar-refractivity contribution in [3.8, 4) is 11.4 Å². The molecule has 0 atom stereocenters. The largest absolute Gasteiger partial charge is 0.384 e. The van der Waals surface area contributed by atoms with Crippen LogP contribution in [0.1, 0.15) is 11.1 Å². The molecule has 23 heavy (non-hydrogen) atoms. The van der Waals surface area contributed by atoms with Crippen LogP contribution in [0.15, 0.2) is 48.5 Å². The first kappa shape index (κ1) is 15.0. The molecule has 0 fully saturated rings. The average Bonchev–Trinajstić information content (AvgIpc) is 2.45. The highest BCUT2D eigenvalue weighted by atomic mass is 19.1. The van der Waals surface area contributed by atoms with Gasteiger partial charge in [-0.3, -0.25) is 0 Å². The Morgan fingerprint density at radius 2 is 1.65 bits per heavy atom. The summed E-state index contributed by atoms with van der Waals surface area (Å²) in [4.78, 5) is 8.51. The van der Waals surface area contributed by atoms with E-state index in [0.29, 0.717) is 11.4 Å². The SMILES string of the molecule is Cc1cc(C)cc(Nc2cc(N)nc(-c3ccccc3F)n2)c1. The second-order valence-electron chi connectivity index (χ2n) is 5.48. The maximum Gasteiger partial charge on any atom is 0.166 e. The zero-order chi connectivity index (χ0) is 16.4. The van der Waals surface area contributed by atoms with Gasteiger partial charge in [0.2, 0.25) is 0 Å². The highest BCUT2D eigenvalue weighted by molar-refractivity contribution is 5.65. The lowest BCUT2D eigenvalue weighted by Gasteiger charge is -2.10. The van der Waals surface area contributed by atoms with E-state index in [1.54, 1.807) is 24.3 Å². The number of rotatable bonds is 3. The van der Waals surface area contributed by atoms with Gasteiger partial charge in [0, 0.05) is 11.8 Å². The Hall–Kier alpha value is -2.95. The first-order valence-electron chi connectivity index (χ1n) is 7.26. The first-order chi connectivity index (χ1) is 11.0. The molecule has 5 heteroatoms. The van der Waals surface area contributed by atoms with E-state index in [4.69, 9.17) is 5.73 Å². The Morgan fingerprint density at radius 3 is 2.35 bits per heavy atom. The Bertz CT molecular complexity index is 841. The topological polar surface area (TPSA) is 63.8 Å². The minimum atomic E-state index is -0.379. The zero-order valence-electron chi connectivity index (χ0n) is 13.0. The smallest absolute Gasteiger partial charge is 0.166 e. The van der Waals surface area contributed by atoms with Crippen molar-refractivity contribution >= 4 is 17.3 Å². The summed E-state index contributed by atoms with van der Waals surface area (Å²) in [5.74, 6) is 0.691. The quantitative estimate of drug-likeness (QED) is 0.760. The van der Waals surface area contributed by atoms with Gasteiger partial charge in [0.1, 0.15) is 17.5 Å². The van der Waals surface area contributed by atoms with E-state index >= 15 is 0 Å². The molecule has 2 aromatic carbocycles. The molecule has 0 amide bonds. The Kier molecular flexibility index (Phi) is 3.93. The molecule has 0 unspecified atom stereocenters. The van der Waals surface area contributed by atoms with Crippen LogP contribution in [0.25, 0.3) is 11.4 Å². The molecule has 3 rings (SSSR count). The van der Waals surface area contributed by atoms with Gasteiger partial charge in [-0.15, -0.1) is 0 Å². The summed E-state index contributed by atoms with van der Waals surface area (Å²) in [6, 6.07) is 14.1.